The average molecular weight is 187 g/mol. The number of nitrogens with two attached hydrogens (primary N) is 1. The summed E-state index contributed by atoms with van der Waals surface area (Å²) in [4.78, 5) is 0. The van der Waals surface area contributed by atoms with Gasteiger partial charge in [0, 0.05) is 0 Å². The summed E-state index contributed by atoms with van der Waals surface area (Å²) in [5, 5.41) is 9.11. The van der Waals surface area contributed by atoms with Crippen LogP contribution < -0.4 is 5.73 Å². The third kappa shape index (κ3) is 1.40. The molecule has 56 valence electrons. The minimum atomic E-state index is 0.238. The summed E-state index contributed by atoms with van der Waals surface area (Å²) in [5.41, 5.74) is 6.04. The van der Waals surface area contributed by atoms with E-state index in [1.165, 1.54) is 6.07 Å². The van der Waals surface area contributed by atoms with Gasteiger partial charge in [-0.25, -0.2) is 0 Å². The summed E-state index contributed by atoms with van der Waals surface area (Å²) < 4.78 is 0. The standard InChI is InChI=1S/C7H4Cl2N2/c8-5-2-1-4(3-10)7(11)6(5)9/h1-2H,11H2. The van der Waals surface area contributed by atoms with Gasteiger partial charge in [0.05, 0.1) is 21.3 Å². The fraction of sp³-hybridized carbons (Fsp3) is 0. The number of hydrogen-bond donors (Lipinski definition) is 1. The molecule has 0 aliphatic rings. The normalized spacial score (nSPS) is 9.18. The summed E-state index contributed by atoms with van der Waals surface area (Å²) >= 11 is 11.3. The van der Waals surface area contributed by atoms with Gasteiger partial charge in [0.1, 0.15) is 6.07 Å². The van der Waals surface area contributed by atoms with Gasteiger partial charge >= 0.3 is 0 Å². The van der Waals surface area contributed by atoms with Crippen molar-refractivity contribution in [3.63, 3.8) is 0 Å². The smallest absolute Gasteiger partial charge is 0.101 e. The predicted octanol–water partition coefficient (Wildman–Crippen LogP) is 2.45. The molecule has 0 saturated heterocycles. The van der Waals surface area contributed by atoms with Crippen molar-refractivity contribution in [2.24, 2.45) is 0 Å². The summed E-state index contributed by atoms with van der Waals surface area (Å²) in [6, 6.07) is 4.97. The van der Waals surface area contributed by atoms with Crippen LogP contribution in [0, 0.1) is 11.3 Å². The molecular formula is C7H4Cl2N2. The van der Waals surface area contributed by atoms with Crippen LogP contribution in [0.15, 0.2) is 12.1 Å². The molecule has 4 heteroatoms. The van der Waals surface area contributed by atoms with E-state index >= 15 is 0 Å². The highest BCUT2D eigenvalue weighted by molar-refractivity contribution is 6.43. The zero-order chi connectivity index (χ0) is 8.43. The lowest BCUT2D eigenvalue weighted by atomic mass is 10.2. The van der Waals surface area contributed by atoms with Crippen LogP contribution in [0.2, 0.25) is 10.0 Å². The van der Waals surface area contributed by atoms with Crippen molar-refractivity contribution >= 4 is 28.9 Å². The minimum Gasteiger partial charge on any atom is -0.396 e. The van der Waals surface area contributed by atoms with Crippen molar-refractivity contribution in [3.8, 4) is 6.07 Å². The van der Waals surface area contributed by atoms with Crippen LogP contribution in [0.25, 0.3) is 0 Å². The largest absolute Gasteiger partial charge is 0.396 e. The van der Waals surface area contributed by atoms with Crippen LogP contribution in [-0.2, 0) is 0 Å². The van der Waals surface area contributed by atoms with E-state index in [1.54, 1.807) is 6.07 Å². The Morgan fingerprint density at radius 1 is 1.36 bits per heavy atom. The summed E-state index contributed by atoms with van der Waals surface area (Å²) in [6.07, 6.45) is 0. The van der Waals surface area contributed by atoms with Crippen LogP contribution in [0.3, 0.4) is 0 Å². The monoisotopic (exact) mass is 186 g/mol. The second-order valence-corrected chi connectivity index (χ2v) is 2.72. The molecular weight excluding hydrogens is 183 g/mol. The fourth-order valence-electron chi connectivity index (χ4n) is 0.664. The molecule has 0 amide bonds. The Morgan fingerprint density at radius 2 is 2.00 bits per heavy atom. The second-order valence-electron chi connectivity index (χ2n) is 1.93. The Bertz CT molecular complexity index is 328. The molecule has 0 atom stereocenters. The Hall–Kier alpha value is -0.910. The molecule has 1 rings (SSSR count). The van der Waals surface area contributed by atoms with E-state index < -0.39 is 0 Å². The minimum absolute atomic E-state index is 0.238. The van der Waals surface area contributed by atoms with Crippen LogP contribution in [0.1, 0.15) is 5.56 Å². The molecule has 0 saturated carbocycles. The molecule has 0 aromatic heterocycles. The molecule has 0 bridgehead atoms. The molecule has 0 aliphatic heterocycles. The van der Waals surface area contributed by atoms with E-state index in [-0.39, 0.29) is 10.7 Å². The number of anilines is 1. The fourth-order valence-corrected chi connectivity index (χ4v) is 0.993. The van der Waals surface area contributed by atoms with Crippen molar-refractivity contribution < 1.29 is 0 Å². The van der Waals surface area contributed by atoms with Crippen molar-refractivity contribution in [2.75, 3.05) is 5.73 Å². The third-order valence-electron chi connectivity index (χ3n) is 1.25. The highest BCUT2D eigenvalue weighted by Gasteiger charge is 2.05. The number of benzene rings is 1. The first-order chi connectivity index (χ1) is 5.16. The van der Waals surface area contributed by atoms with E-state index in [9.17, 15) is 0 Å². The quantitative estimate of drug-likeness (QED) is 0.634. The van der Waals surface area contributed by atoms with Crippen LogP contribution in [0.4, 0.5) is 5.69 Å². The highest BCUT2D eigenvalue weighted by Crippen LogP contribution is 2.29. The summed E-state index contributed by atoms with van der Waals surface area (Å²) in [6.45, 7) is 0. The predicted molar refractivity (Wildman–Crippen MR) is 45.6 cm³/mol. The van der Waals surface area contributed by atoms with Crippen LogP contribution >= 0.6 is 23.2 Å². The highest BCUT2D eigenvalue weighted by atomic mass is 35.5. The molecule has 11 heavy (non-hydrogen) atoms. The first-order valence-corrected chi connectivity index (χ1v) is 3.56. The maximum absolute atomic E-state index is 8.50. The van der Waals surface area contributed by atoms with Gasteiger partial charge in [0.15, 0.2) is 0 Å². The van der Waals surface area contributed by atoms with Gasteiger partial charge in [0.2, 0.25) is 0 Å². The third-order valence-corrected chi connectivity index (χ3v) is 2.07. The number of hydrogen-bond acceptors (Lipinski definition) is 2. The number of rotatable bonds is 0. The lowest BCUT2D eigenvalue weighted by molar-refractivity contribution is 1.48. The van der Waals surface area contributed by atoms with Crippen molar-refractivity contribution in [1.82, 2.24) is 0 Å². The second kappa shape index (κ2) is 3.00. The summed E-state index contributed by atoms with van der Waals surface area (Å²) in [5.74, 6) is 0. The van der Waals surface area contributed by atoms with E-state index in [1.807, 2.05) is 6.07 Å². The van der Waals surface area contributed by atoms with Crippen molar-refractivity contribution in [2.45, 2.75) is 0 Å². The number of nitriles is 1. The first kappa shape index (κ1) is 8.19. The molecule has 0 radical (unpaired) electrons. The molecule has 2 N–H and O–H groups in total. The van der Waals surface area contributed by atoms with Gasteiger partial charge in [-0.15, -0.1) is 0 Å². The SMILES string of the molecule is N#Cc1ccc(Cl)c(Cl)c1N. The van der Waals surface area contributed by atoms with Crippen molar-refractivity contribution in [3.05, 3.63) is 27.7 Å². The molecule has 1 aromatic rings. The van der Waals surface area contributed by atoms with E-state index in [4.69, 9.17) is 34.2 Å². The first-order valence-electron chi connectivity index (χ1n) is 2.80. The number of nitrogen functional groups attached to an aromatic ring is 1. The lowest BCUT2D eigenvalue weighted by Crippen LogP contribution is -1.91. The van der Waals surface area contributed by atoms with E-state index in [0.717, 1.165) is 0 Å². The molecule has 0 spiro atoms. The van der Waals surface area contributed by atoms with Gasteiger partial charge in [0.25, 0.3) is 0 Å². The number of halogens is 2. The summed E-state index contributed by atoms with van der Waals surface area (Å²) in [7, 11) is 0. The Morgan fingerprint density at radius 3 is 2.55 bits per heavy atom. The number of nitrogens with zero attached hydrogens (tertiary/aromatic N) is 1. The zero-order valence-electron chi connectivity index (χ0n) is 5.44. The topological polar surface area (TPSA) is 49.8 Å². The average Bonchev–Trinajstić information content (AvgIpc) is 2.01. The molecule has 0 aliphatic carbocycles. The molecule has 2 nitrogen and oxygen atoms in total. The molecule has 0 unspecified atom stereocenters. The molecule has 0 fully saturated rings. The molecule has 0 heterocycles. The van der Waals surface area contributed by atoms with Gasteiger partial charge < -0.3 is 5.73 Å². The van der Waals surface area contributed by atoms with Crippen LogP contribution in [-0.4, -0.2) is 0 Å². The van der Waals surface area contributed by atoms with Crippen molar-refractivity contribution in [1.29, 1.82) is 5.26 Å². The van der Waals surface area contributed by atoms with Crippen LogP contribution in [0.5, 0.6) is 0 Å². The van der Waals surface area contributed by atoms with Gasteiger partial charge in [-0.05, 0) is 12.1 Å². The van der Waals surface area contributed by atoms with E-state index in [0.29, 0.717) is 10.6 Å². The van der Waals surface area contributed by atoms with Gasteiger partial charge in [-0.2, -0.15) is 5.26 Å². The maximum atomic E-state index is 8.50. The lowest BCUT2D eigenvalue weighted by Gasteiger charge is -2.00. The zero-order valence-corrected chi connectivity index (χ0v) is 6.95. The molecule has 1 aromatic carbocycles. The maximum Gasteiger partial charge on any atom is 0.101 e. The van der Waals surface area contributed by atoms with Gasteiger partial charge in [-0.3, -0.25) is 0 Å². The van der Waals surface area contributed by atoms with E-state index in [2.05, 4.69) is 0 Å². The Labute approximate surface area is 74.1 Å². The van der Waals surface area contributed by atoms with Gasteiger partial charge in [-0.1, -0.05) is 23.2 Å². The Balaban J connectivity index is 3.40. The Kier molecular flexibility index (Phi) is 2.23.